The van der Waals surface area contributed by atoms with E-state index in [-0.39, 0.29) is 10.9 Å². The van der Waals surface area contributed by atoms with Crippen LogP contribution in [0.3, 0.4) is 0 Å². The maximum absolute atomic E-state index is 13.0. The SMILES string of the molecule is CC[C@@H]1COc2c(S(=N)(=O)NC(=O)Nc3c4c(cc5c3CCC5)CCC4)cnn21. The van der Waals surface area contributed by atoms with Crippen LogP contribution in [0.4, 0.5) is 10.5 Å². The Morgan fingerprint density at radius 2 is 1.97 bits per heavy atom. The Hall–Kier alpha value is -2.55. The zero-order valence-electron chi connectivity index (χ0n) is 16.4. The summed E-state index contributed by atoms with van der Waals surface area (Å²) >= 11 is 0. The molecule has 9 heteroatoms. The number of amides is 2. The van der Waals surface area contributed by atoms with Crippen LogP contribution in [0.5, 0.6) is 5.88 Å². The quantitative estimate of drug-likeness (QED) is 0.711. The summed E-state index contributed by atoms with van der Waals surface area (Å²) in [6.07, 6.45) is 8.31. The van der Waals surface area contributed by atoms with Gasteiger partial charge in [0.05, 0.1) is 12.2 Å². The molecule has 2 aliphatic carbocycles. The van der Waals surface area contributed by atoms with Crippen LogP contribution in [0.1, 0.15) is 54.5 Å². The van der Waals surface area contributed by atoms with E-state index in [1.807, 2.05) is 6.92 Å². The molecule has 0 fully saturated rings. The topological polar surface area (TPSA) is 109 Å². The predicted molar refractivity (Wildman–Crippen MR) is 109 cm³/mol. The van der Waals surface area contributed by atoms with E-state index in [0.717, 1.165) is 50.6 Å². The Kier molecular flexibility index (Phi) is 4.31. The van der Waals surface area contributed by atoms with Crippen molar-refractivity contribution in [3.8, 4) is 5.88 Å². The second kappa shape index (κ2) is 6.76. The number of nitrogens with one attached hydrogen (secondary N) is 3. The van der Waals surface area contributed by atoms with E-state index < -0.39 is 15.9 Å². The maximum atomic E-state index is 13.0. The van der Waals surface area contributed by atoms with Crippen LogP contribution in [0.25, 0.3) is 0 Å². The summed E-state index contributed by atoms with van der Waals surface area (Å²) in [6.45, 7) is 2.46. The predicted octanol–water partition coefficient (Wildman–Crippen LogP) is 3.35. The molecule has 1 aromatic heterocycles. The Balaban J connectivity index is 1.40. The summed E-state index contributed by atoms with van der Waals surface area (Å²) < 4.78 is 31.0. The lowest BCUT2D eigenvalue weighted by molar-refractivity contribution is 0.256. The molecule has 154 valence electrons. The number of benzene rings is 1. The van der Waals surface area contributed by atoms with Crippen molar-refractivity contribution in [1.29, 1.82) is 4.78 Å². The Morgan fingerprint density at radius 1 is 1.28 bits per heavy atom. The average molecular weight is 416 g/mol. The molecule has 1 unspecified atom stereocenters. The first-order chi connectivity index (χ1) is 14.0. The van der Waals surface area contributed by atoms with E-state index in [0.29, 0.717) is 12.5 Å². The van der Waals surface area contributed by atoms with Crippen LogP contribution < -0.4 is 14.8 Å². The van der Waals surface area contributed by atoms with E-state index in [4.69, 9.17) is 9.52 Å². The number of hydrogen-bond donors (Lipinski definition) is 3. The first-order valence-electron chi connectivity index (χ1n) is 10.2. The van der Waals surface area contributed by atoms with E-state index >= 15 is 0 Å². The molecule has 5 rings (SSSR count). The highest BCUT2D eigenvalue weighted by atomic mass is 32.2. The molecular formula is C20H25N5O3S. The summed E-state index contributed by atoms with van der Waals surface area (Å²) in [5, 5.41) is 7.15. The highest BCUT2D eigenvalue weighted by Gasteiger charge is 2.32. The van der Waals surface area contributed by atoms with E-state index in [1.54, 1.807) is 4.68 Å². The summed E-state index contributed by atoms with van der Waals surface area (Å²) in [7, 11) is -3.59. The monoisotopic (exact) mass is 415 g/mol. The molecule has 0 spiro atoms. The van der Waals surface area contributed by atoms with E-state index in [2.05, 4.69) is 21.2 Å². The summed E-state index contributed by atoms with van der Waals surface area (Å²) in [5.74, 6) is 0.318. The minimum atomic E-state index is -3.59. The number of nitrogens with zero attached hydrogens (tertiary/aromatic N) is 2. The highest BCUT2D eigenvalue weighted by molar-refractivity contribution is 7.91. The van der Waals surface area contributed by atoms with Crippen molar-refractivity contribution < 1.29 is 13.7 Å². The molecule has 0 bridgehead atoms. The number of carbonyl (C=O) groups is 1. The highest BCUT2D eigenvalue weighted by Crippen LogP contribution is 2.39. The molecule has 2 aromatic rings. The second-order valence-corrected chi connectivity index (χ2v) is 9.73. The van der Waals surface area contributed by atoms with Gasteiger partial charge in [-0.15, -0.1) is 0 Å². The van der Waals surface area contributed by atoms with Gasteiger partial charge in [0.25, 0.3) is 0 Å². The molecule has 1 aromatic carbocycles. The third-order valence-electron chi connectivity index (χ3n) is 6.21. The van der Waals surface area contributed by atoms with Crippen molar-refractivity contribution in [1.82, 2.24) is 14.5 Å². The third-order valence-corrected chi connectivity index (χ3v) is 7.58. The van der Waals surface area contributed by atoms with Gasteiger partial charge in [0.1, 0.15) is 11.5 Å². The lowest BCUT2D eigenvalue weighted by Crippen LogP contribution is -2.34. The zero-order chi connectivity index (χ0) is 20.2. The van der Waals surface area contributed by atoms with Crippen LogP contribution in [-0.4, -0.2) is 26.6 Å². The summed E-state index contributed by atoms with van der Waals surface area (Å²) in [6, 6.07) is 1.74. The molecule has 8 nitrogen and oxygen atoms in total. The molecule has 0 radical (unpaired) electrons. The molecule has 2 heterocycles. The van der Waals surface area contributed by atoms with Gasteiger partial charge in [-0.25, -0.2) is 23.2 Å². The lowest BCUT2D eigenvalue weighted by Gasteiger charge is -2.17. The third kappa shape index (κ3) is 2.99. The first-order valence-corrected chi connectivity index (χ1v) is 11.8. The number of hydrogen-bond acceptors (Lipinski definition) is 5. The maximum Gasteiger partial charge on any atom is 0.331 e. The van der Waals surface area contributed by atoms with Gasteiger partial charge >= 0.3 is 6.03 Å². The van der Waals surface area contributed by atoms with Gasteiger partial charge in [-0.05, 0) is 67.2 Å². The van der Waals surface area contributed by atoms with Gasteiger partial charge in [-0.1, -0.05) is 13.0 Å². The van der Waals surface area contributed by atoms with E-state index in [1.165, 1.54) is 28.5 Å². The fraction of sp³-hybridized carbons (Fsp3) is 0.500. The van der Waals surface area contributed by atoms with Gasteiger partial charge in [0, 0.05) is 5.69 Å². The second-order valence-electron chi connectivity index (χ2n) is 7.98. The molecule has 3 N–H and O–H groups in total. The number of aryl methyl sites for hydroxylation is 2. The largest absolute Gasteiger partial charge is 0.475 e. The fourth-order valence-corrected chi connectivity index (χ4v) is 5.77. The normalized spacial score (nSPS) is 21.1. The van der Waals surface area contributed by atoms with Crippen LogP contribution in [0.15, 0.2) is 17.2 Å². The molecule has 29 heavy (non-hydrogen) atoms. The molecule has 3 aliphatic rings. The Labute approximate surface area is 170 Å². The summed E-state index contributed by atoms with van der Waals surface area (Å²) in [4.78, 5) is 12.9. The summed E-state index contributed by atoms with van der Waals surface area (Å²) in [5.41, 5.74) is 5.86. The van der Waals surface area contributed by atoms with Crippen molar-refractivity contribution in [3.63, 3.8) is 0 Å². The minimum absolute atomic E-state index is 0.0669. The van der Waals surface area contributed by atoms with Gasteiger partial charge in [-0.3, -0.25) is 0 Å². The molecular weight excluding hydrogens is 390 g/mol. The Morgan fingerprint density at radius 3 is 2.62 bits per heavy atom. The van der Waals surface area contributed by atoms with Crippen LogP contribution in [-0.2, 0) is 35.6 Å². The molecule has 1 aliphatic heterocycles. The lowest BCUT2D eigenvalue weighted by atomic mass is 9.99. The zero-order valence-corrected chi connectivity index (χ0v) is 17.2. The van der Waals surface area contributed by atoms with Crippen molar-refractivity contribution in [2.45, 2.75) is 62.8 Å². The number of rotatable bonds is 4. The van der Waals surface area contributed by atoms with Gasteiger partial charge in [-0.2, -0.15) is 5.10 Å². The number of urea groups is 1. The van der Waals surface area contributed by atoms with E-state index in [9.17, 15) is 9.00 Å². The van der Waals surface area contributed by atoms with Crippen LogP contribution in [0.2, 0.25) is 0 Å². The molecule has 0 saturated heterocycles. The first kappa shape index (κ1) is 18.5. The number of ether oxygens (including phenoxy) is 1. The fourth-order valence-electron chi connectivity index (χ4n) is 4.76. The average Bonchev–Trinajstić information content (AvgIpc) is 3.43. The molecule has 0 saturated carbocycles. The van der Waals surface area contributed by atoms with Crippen molar-refractivity contribution in [2.75, 3.05) is 11.9 Å². The van der Waals surface area contributed by atoms with Crippen molar-refractivity contribution in [3.05, 3.63) is 34.5 Å². The van der Waals surface area contributed by atoms with Gasteiger partial charge in [0.15, 0.2) is 9.92 Å². The molecule has 2 amide bonds. The van der Waals surface area contributed by atoms with Crippen molar-refractivity contribution in [2.24, 2.45) is 0 Å². The van der Waals surface area contributed by atoms with Crippen LogP contribution >= 0.6 is 0 Å². The molecule has 2 atom stereocenters. The van der Waals surface area contributed by atoms with Crippen molar-refractivity contribution >= 4 is 21.6 Å². The van der Waals surface area contributed by atoms with Crippen LogP contribution in [0, 0.1) is 4.78 Å². The standard InChI is InChI=1S/C20H25N5O3S/c1-2-14-11-28-19-17(10-22-25(14)19)29(21,27)24-20(26)23-18-15-7-3-5-12(15)9-13-6-4-8-16(13)18/h9-10,14H,2-8,11H2,1H3,(H3,21,23,24,26,27)/t14-,29?/m1/s1. The Bertz CT molecular complexity index is 1070. The number of carbonyl (C=O) groups excluding carboxylic acids is 1. The number of anilines is 1. The smallest absolute Gasteiger partial charge is 0.331 e. The minimum Gasteiger partial charge on any atom is -0.475 e. The number of fused-ring (bicyclic) bond motifs is 3. The number of aromatic nitrogens is 2. The van der Waals surface area contributed by atoms with Gasteiger partial charge < -0.3 is 10.1 Å². The van der Waals surface area contributed by atoms with Gasteiger partial charge in [0.2, 0.25) is 5.88 Å².